The lowest BCUT2D eigenvalue weighted by molar-refractivity contribution is -0.126. The lowest BCUT2D eigenvalue weighted by atomic mass is 9.93. The van der Waals surface area contributed by atoms with Crippen molar-refractivity contribution in [2.45, 2.75) is 33.1 Å². The molecule has 6 nitrogen and oxygen atoms in total. The number of aliphatic hydroxyl groups is 1. The number of imide groups is 1. The largest absolute Gasteiger partial charge is 0.394 e. The van der Waals surface area contributed by atoms with Crippen molar-refractivity contribution < 1.29 is 19.4 Å². The van der Waals surface area contributed by atoms with E-state index in [9.17, 15) is 9.59 Å². The number of carbonyl (C=O) groups is 2. The molecule has 3 N–H and O–H groups in total. The van der Waals surface area contributed by atoms with Gasteiger partial charge in [-0.05, 0) is 5.92 Å². The molecule has 0 saturated carbocycles. The first-order valence-corrected chi connectivity index (χ1v) is 5.96. The number of hydrogen-bond donors (Lipinski definition) is 3. The molecule has 0 bridgehead atoms. The van der Waals surface area contributed by atoms with Gasteiger partial charge in [-0.1, -0.05) is 13.8 Å². The zero-order valence-electron chi connectivity index (χ0n) is 10.8. The highest BCUT2D eigenvalue weighted by molar-refractivity contribution is 5.99. The summed E-state index contributed by atoms with van der Waals surface area (Å²) in [7, 11) is 0. The molecular weight excluding hydrogens is 236 g/mol. The van der Waals surface area contributed by atoms with Crippen molar-refractivity contribution in [1.82, 2.24) is 10.6 Å². The Morgan fingerprint density at radius 3 is 2.50 bits per heavy atom. The van der Waals surface area contributed by atoms with Gasteiger partial charge in [0, 0.05) is 25.1 Å². The number of nitrogens with one attached hydrogen (secondary N) is 2. The van der Waals surface area contributed by atoms with Crippen LogP contribution in [0, 0.1) is 11.8 Å². The molecule has 2 unspecified atom stereocenters. The van der Waals surface area contributed by atoms with Gasteiger partial charge in [0.25, 0.3) is 5.91 Å². The second-order valence-electron chi connectivity index (χ2n) is 4.54. The van der Waals surface area contributed by atoms with E-state index in [0.29, 0.717) is 0 Å². The molecule has 1 rings (SSSR count). The van der Waals surface area contributed by atoms with Crippen LogP contribution in [0.5, 0.6) is 0 Å². The summed E-state index contributed by atoms with van der Waals surface area (Å²) >= 11 is 0. The van der Waals surface area contributed by atoms with Crippen molar-refractivity contribution in [3.05, 3.63) is 12.3 Å². The maximum absolute atomic E-state index is 11.2. The molecule has 4 atom stereocenters. The SMILES string of the molecule is CC(=O)NC(=O)/C=C\N[C@@H]1O[C@H](CO)C(C)C1C. The molecule has 0 aromatic heterocycles. The first-order valence-electron chi connectivity index (χ1n) is 5.96. The van der Waals surface area contributed by atoms with Gasteiger partial charge in [-0.25, -0.2) is 0 Å². The Hall–Kier alpha value is -1.40. The van der Waals surface area contributed by atoms with Crippen LogP contribution < -0.4 is 10.6 Å². The number of carbonyl (C=O) groups excluding carboxylic acids is 2. The van der Waals surface area contributed by atoms with E-state index in [4.69, 9.17) is 9.84 Å². The van der Waals surface area contributed by atoms with Crippen LogP contribution in [0.25, 0.3) is 0 Å². The fraction of sp³-hybridized carbons (Fsp3) is 0.667. The third-order valence-electron chi connectivity index (χ3n) is 3.19. The van der Waals surface area contributed by atoms with E-state index in [1.807, 2.05) is 13.8 Å². The minimum Gasteiger partial charge on any atom is -0.394 e. The Bertz CT molecular complexity index is 343. The van der Waals surface area contributed by atoms with E-state index in [-0.39, 0.29) is 30.8 Å². The van der Waals surface area contributed by atoms with E-state index in [1.165, 1.54) is 19.2 Å². The molecule has 0 spiro atoms. The van der Waals surface area contributed by atoms with Crippen molar-refractivity contribution in [3.8, 4) is 0 Å². The third kappa shape index (κ3) is 3.82. The van der Waals surface area contributed by atoms with Crippen molar-refractivity contribution in [2.24, 2.45) is 11.8 Å². The van der Waals surface area contributed by atoms with Crippen LogP contribution in [-0.2, 0) is 14.3 Å². The molecule has 0 aliphatic carbocycles. The van der Waals surface area contributed by atoms with E-state index in [0.717, 1.165) is 0 Å². The zero-order valence-corrected chi connectivity index (χ0v) is 10.8. The van der Waals surface area contributed by atoms with Gasteiger partial charge in [-0.3, -0.25) is 14.9 Å². The molecule has 0 radical (unpaired) electrons. The standard InChI is InChI=1S/C12H20N2O4/c1-7-8(2)12(18-10(7)6-15)13-5-4-11(17)14-9(3)16/h4-5,7-8,10,12-13,15H,6H2,1-3H3,(H,14,16,17)/b5-4-/t7?,8?,10-,12-/m1/s1. The molecule has 1 fully saturated rings. The summed E-state index contributed by atoms with van der Waals surface area (Å²) in [4.78, 5) is 21.8. The van der Waals surface area contributed by atoms with Crippen molar-refractivity contribution >= 4 is 11.8 Å². The fourth-order valence-corrected chi connectivity index (χ4v) is 1.88. The van der Waals surface area contributed by atoms with Crippen molar-refractivity contribution in [1.29, 1.82) is 0 Å². The van der Waals surface area contributed by atoms with Gasteiger partial charge in [-0.2, -0.15) is 0 Å². The van der Waals surface area contributed by atoms with Gasteiger partial charge in [0.15, 0.2) is 0 Å². The van der Waals surface area contributed by atoms with Crippen LogP contribution in [0.2, 0.25) is 0 Å². The van der Waals surface area contributed by atoms with Crippen LogP contribution in [0.3, 0.4) is 0 Å². The predicted octanol–water partition coefficient (Wildman–Crippen LogP) is -0.258. The minimum absolute atomic E-state index is 0.0157. The normalized spacial score (nSPS) is 31.6. The molecule has 6 heteroatoms. The summed E-state index contributed by atoms with van der Waals surface area (Å²) in [6.07, 6.45) is 2.26. The second kappa shape index (κ2) is 6.51. The molecule has 2 amide bonds. The van der Waals surface area contributed by atoms with Crippen LogP contribution in [0.15, 0.2) is 12.3 Å². The average molecular weight is 256 g/mol. The maximum atomic E-state index is 11.2. The van der Waals surface area contributed by atoms with Gasteiger partial charge in [-0.15, -0.1) is 0 Å². The highest BCUT2D eigenvalue weighted by Gasteiger charge is 2.37. The molecule has 102 valence electrons. The van der Waals surface area contributed by atoms with Crippen LogP contribution in [-0.4, -0.2) is 35.9 Å². The van der Waals surface area contributed by atoms with Crippen molar-refractivity contribution in [3.63, 3.8) is 0 Å². The molecular formula is C12H20N2O4. The Morgan fingerprint density at radius 1 is 1.33 bits per heavy atom. The van der Waals surface area contributed by atoms with Crippen LogP contribution in [0.1, 0.15) is 20.8 Å². The quantitative estimate of drug-likeness (QED) is 0.603. The first kappa shape index (κ1) is 14.7. The van der Waals surface area contributed by atoms with Crippen molar-refractivity contribution in [2.75, 3.05) is 6.61 Å². The summed E-state index contributed by atoms with van der Waals surface area (Å²) in [5, 5.41) is 14.2. The fourth-order valence-electron chi connectivity index (χ4n) is 1.88. The molecule has 1 saturated heterocycles. The third-order valence-corrected chi connectivity index (χ3v) is 3.19. The summed E-state index contributed by atoms with van der Waals surface area (Å²) < 4.78 is 5.59. The molecule has 0 aromatic carbocycles. The van der Waals surface area contributed by atoms with Gasteiger partial charge in [0.05, 0.1) is 12.7 Å². The number of rotatable bonds is 4. The monoisotopic (exact) mass is 256 g/mol. The summed E-state index contributed by atoms with van der Waals surface area (Å²) in [5.41, 5.74) is 0. The smallest absolute Gasteiger partial charge is 0.251 e. The van der Waals surface area contributed by atoms with Gasteiger partial charge in [0.1, 0.15) is 6.23 Å². The summed E-state index contributed by atoms with van der Waals surface area (Å²) in [5.74, 6) is -0.411. The Labute approximate surface area is 106 Å². The lowest BCUT2D eigenvalue weighted by Gasteiger charge is -2.15. The molecule has 1 heterocycles. The predicted molar refractivity (Wildman–Crippen MR) is 65.2 cm³/mol. The Morgan fingerprint density at radius 2 is 2.00 bits per heavy atom. The summed E-state index contributed by atoms with van der Waals surface area (Å²) in [6.45, 7) is 5.29. The van der Waals surface area contributed by atoms with Gasteiger partial charge < -0.3 is 15.2 Å². The van der Waals surface area contributed by atoms with E-state index >= 15 is 0 Å². The van der Waals surface area contributed by atoms with E-state index in [2.05, 4.69) is 10.6 Å². The summed E-state index contributed by atoms with van der Waals surface area (Å²) in [6, 6.07) is 0. The Kier molecular flexibility index (Phi) is 5.30. The lowest BCUT2D eigenvalue weighted by Crippen LogP contribution is -2.31. The van der Waals surface area contributed by atoms with Crippen LogP contribution in [0.4, 0.5) is 0 Å². The van der Waals surface area contributed by atoms with Crippen LogP contribution >= 0.6 is 0 Å². The topological polar surface area (TPSA) is 87.7 Å². The first-order chi connectivity index (χ1) is 8.45. The molecule has 1 aliphatic heterocycles. The highest BCUT2D eigenvalue weighted by atomic mass is 16.5. The average Bonchev–Trinajstić information content (AvgIpc) is 2.56. The Balaban J connectivity index is 2.42. The molecule has 1 aliphatic rings. The maximum Gasteiger partial charge on any atom is 0.251 e. The number of hydrogen-bond acceptors (Lipinski definition) is 5. The van der Waals surface area contributed by atoms with E-state index in [1.54, 1.807) is 0 Å². The minimum atomic E-state index is -0.479. The van der Waals surface area contributed by atoms with Gasteiger partial charge in [0.2, 0.25) is 5.91 Å². The zero-order chi connectivity index (χ0) is 13.7. The molecule has 0 aromatic rings. The highest BCUT2D eigenvalue weighted by Crippen LogP contribution is 2.30. The number of ether oxygens (including phenoxy) is 1. The number of amides is 2. The second-order valence-corrected chi connectivity index (χ2v) is 4.54. The van der Waals surface area contributed by atoms with Gasteiger partial charge >= 0.3 is 0 Å². The van der Waals surface area contributed by atoms with E-state index < -0.39 is 11.8 Å². The number of aliphatic hydroxyl groups excluding tert-OH is 1. The molecule has 18 heavy (non-hydrogen) atoms.